The molecule has 1 aromatic heterocycles. The second-order valence-electron chi connectivity index (χ2n) is 5.74. The maximum Gasteiger partial charge on any atom is 0.254 e. The van der Waals surface area contributed by atoms with Crippen molar-refractivity contribution in [3.05, 3.63) is 47.2 Å². The molecule has 7 nitrogen and oxygen atoms in total. The van der Waals surface area contributed by atoms with Gasteiger partial charge in [-0.05, 0) is 12.1 Å². The van der Waals surface area contributed by atoms with Crippen LogP contribution in [0.25, 0.3) is 6.08 Å². The number of fused-ring (bicyclic) bond motifs is 1. The first-order valence-corrected chi connectivity index (χ1v) is 7.83. The van der Waals surface area contributed by atoms with Crippen molar-refractivity contribution in [3.63, 3.8) is 0 Å². The zero-order valence-corrected chi connectivity index (χ0v) is 13.3. The number of ether oxygens (including phenoxy) is 2. The van der Waals surface area contributed by atoms with E-state index in [1.807, 2.05) is 30.3 Å². The molecule has 1 fully saturated rings. The van der Waals surface area contributed by atoms with Crippen LogP contribution in [0.2, 0.25) is 0 Å². The van der Waals surface area contributed by atoms with Crippen molar-refractivity contribution in [2.75, 3.05) is 26.4 Å². The van der Waals surface area contributed by atoms with E-state index in [1.54, 1.807) is 11.8 Å². The van der Waals surface area contributed by atoms with Crippen LogP contribution in [0.5, 0.6) is 5.75 Å². The van der Waals surface area contributed by atoms with Crippen molar-refractivity contribution in [2.45, 2.75) is 13.0 Å². The van der Waals surface area contributed by atoms with Crippen molar-refractivity contribution in [1.29, 1.82) is 0 Å². The van der Waals surface area contributed by atoms with Crippen LogP contribution in [0.4, 0.5) is 0 Å². The molecule has 0 aliphatic carbocycles. The number of carbonyl (C=O) groups is 1. The minimum absolute atomic E-state index is 0.0892. The highest BCUT2D eigenvalue weighted by molar-refractivity contribution is 5.99. The summed E-state index contributed by atoms with van der Waals surface area (Å²) >= 11 is 0. The Labute approximate surface area is 138 Å². The number of carbonyl (C=O) groups excluding carboxylic acids is 1. The summed E-state index contributed by atoms with van der Waals surface area (Å²) in [5.74, 6) is 1.57. The van der Waals surface area contributed by atoms with Crippen LogP contribution in [0.3, 0.4) is 0 Å². The zero-order valence-electron chi connectivity index (χ0n) is 13.3. The predicted molar refractivity (Wildman–Crippen MR) is 84.2 cm³/mol. The molecule has 2 aliphatic rings. The Bertz CT molecular complexity index is 799. The van der Waals surface area contributed by atoms with Crippen LogP contribution in [0.1, 0.15) is 23.4 Å². The molecule has 1 amide bonds. The smallest absolute Gasteiger partial charge is 0.254 e. The molecule has 124 valence electrons. The van der Waals surface area contributed by atoms with Crippen molar-refractivity contribution < 1.29 is 18.7 Å². The Morgan fingerprint density at radius 2 is 2.17 bits per heavy atom. The van der Waals surface area contributed by atoms with Crippen molar-refractivity contribution in [2.24, 2.45) is 0 Å². The van der Waals surface area contributed by atoms with E-state index in [9.17, 15) is 4.79 Å². The predicted octanol–water partition coefficient (Wildman–Crippen LogP) is 1.75. The minimum atomic E-state index is -0.370. The van der Waals surface area contributed by atoms with Gasteiger partial charge in [-0.3, -0.25) is 4.79 Å². The van der Waals surface area contributed by atoms with Crippen LogP contribution < -0.4 is 4.74 Å². The number of amides is 1. The molecule has 0 N–H and O–H groups in total. The van der Waals surface area contributed by atoms with Gasteiger partial charge in [-0.25, -0.2) is 0 Å². The standard InChI is InChI=1S/C17H17N3O4/c1-11-18-19-16(24-11)14-10-22-7-6-20(14)17(21)13-8-12-4-2-3-5-15(12)23-9-13/h2-5,8,14H,6-7,9-10H2,1H3. The molecule has 2 aliphatic heterocycles. The van der Waals surface area contributed by atoms with E-state index in [2.05, 4.69) is 10.2 Å². The highest BCUT2D eigenvalue weighted by Crippen LogP contribution is 2.29. The largest absolute Gasteiger partial charge is 0.488 e. The molecule has 24 heavy (non-hydrogen) atoms. The Kier molecular flexibility index (Phi) is 3.78. The summed E-state index contributed by atoms with van der Waals surface area (Å²) in [4.78, 5) is 14.7. The van der Waals surface area contributed by atoms with Gasteiger partial charge in [-0.15, -0.1) is 10.2 Å². The fourth-order valence-electron chi connectivity index (χ4n) is 2.92. The summed E-state index contributed by atoms with van der Waals surface area (Å²) in [6.07, 6.45) is 1.88. The minimum Gasteiger partial charge on any atom is -0.488 e. The van der Waals surface area contributed by atoms with E-state index in [1.165, 1.54) is 0 Å². The lowest BCUT2D eigenvalue weighted by atomic mass is 10.1. The first kappa shape index (κ1) is 14.9. The van der Waals surface area contributed by atoms with Crippen molar-refractivity contribution >= 4 is 12.0 Å². The van der Waals surface area contributed by atoms with E-state index >= 15 is 0 Å². The average molecular weight is 327 g/mol. The van der Waals surface area contributed by atoms with Crippen LogP contribution in [-0.4, -0.2) is 47.4 Å². The third-order valence-electron chi connectivity index (χ3n) is 4.12. The van der Waals surface area contributed by atoms with Crippen molar-refractivity contribution in [1.82, 2.24) is 15.1 Å². The molecule has 4 rings (SSSR count). The lowest BCUT2D eigenvalue weighted by Crippen LogP contribution is -2.45. The Balaban J connectivity index is 1.62. The molecule has 0 bridgehead atoms. The van der Waals surface area contributed by atoms with Gasteiger partial charge in [0, 0.05) is 19.0 Å². The Morgan fingerprint density at radius 1 is 1.29 bits per heavy atom. The van der Waals surface area contributed by atoms with Gasteiger partial charge in [0.15, 0.2) is 0 Å². The number of hydrogen-bond donors (Lipinski definition) is 0. The molecule has 1 atom stereocenters. The number of benzene rings is 1. The number of nitrogens with zero attached hydrogens (tertiary/aromatic N) is 3. The summed E-state index contributed by atoms with van der Waals surface area (Å²) in [6, 6.07) is 7.29. The number of para-hydroxylation sites is 1. The maximum absolute atomic E-state index is 13.0. The summed E-state index contributed by atoms with van der Waals surface area (Å²) < 4.78 is 16.7. The fourth-order valence-corrected chi connectivity index (χ4v) is 2.92. The van der Waals surface area contributed by atoms with E-state index in [0.717, 1.165) is 11.3 Å². The molecule has 1 unspecified atom stereocenters. The van der Waals surface area contributed by atoms with Gasteiger partial charge in [0.2, 0.25) is 11.8 Å². The van der Waals surface area contributed by atoms with E-state index in [4.69, 9.17) is 13.9 Å². The lowest BCUT2D eigenvalue weighted by Gasteiger charge is -2.34. The molecular formula is C17H17N3O4. The second-order valence-corrected chi connectivity index (χ2v) is 5.74. The van der Waals surface area contributed by atoms with Gasteiger partial charge in [0.05, 0.1) is 18.8 Å². The Hall–Kier alpha value is -2.67. The molecule has 0 spiro atoms. The highest BCUT2D eigenvalue weighted by atomic mass is 16.5. The third kappa shape index (κ3) is 2.67. The third-order valence-corrected chi connectivity index (χ3v) is 4.12. The second kappa shape index (κ2) is 6.09. The summed E-state index contributed by atoms with van der Waals surface area (Å²) in [5, 5.41) is 7.89. The van der Waals surface area contributed by atoms with Gasteiger partial charge in [0.1, 0.15) is 18.4 Å². The molecule has 3 heterocycles. The summed E-state index contributed by atoms with van der Waals surface area (Å²) in [5.41, 5.74) is 1.52. The van der Waals surface area contributed by atoms with Gasteiger partial charge in [0.25, 0.3) is 5.91 Å². The van der Waals surface area contributed by atoms with E-state index in [-0.39, 0.29) is 18.6 Å². The zero-order chi connectivity index (χ0) is 16.5. The van der Waals surface area contributed by atoms with Gasteiger partial charge in [-0.1, -0.05) is 18.2 Å². The summed E-state index contributed by atoms with van der Waals surface area (Å²) in [7, 11) is 0. The molecular weight excluding hydrogens is 310 g/mol. The number of hydrogen-bond acceptors (Lipinski definition) is 6. The van der Waals surface area contributed by atoms with Crippen LogP contribution in [-0.2, 0) is 9.53 Å². The van der Waals surface area contributed by atoms with Crippen molar-refractivity contribution in [3.8, 4) is 5.75 Å². The fraction of sp³-hybridized carbons (Fsp3) is 0.353. The van der Waals surface area contributed by atoms with Gasteiger partial charge < -0.3 is 18.8 Å². The number of aryl methyl sites for hydroxylation is 1. The molecule has 2 aromatic rings. The maximum atomic E-state index is 13.0. The first-order chi connectivity index (χ1) is 11.7. The number of aromatic nitrogens is 2. The van der Waals surface area contributed by atoms with Crippen LogP contribution in [0, 0.1) is 6.92 Å². The molecule has 7 heteroatoms. The molecule has 1 saturated heterocycles. The molecule has 1 aromatic carbocycles. The van der Waals surface area contributed by atoms with Gasteiger partial charge >= 0.3 is 0 Å². The Morgan fingerprint density at radius 3 is 3.00 bits per heavy atom. The first-order valence-electron chi connectivity index (χ1n) is 7.83. The highest BCUT2D eigenvalue weighted by Gasteiger charge is 2.34. The average Bonchev–Trinajstić information content (AvgIpc) is 3.07. The molecule has 0 saturated carbocycles. The van der Waals surface area contributed by atoms with E-state index < -0.39 is 0 Å². The lowest BCUT2D eigenvalue weighted by molar-refractivity contribution is -0.137. The SMILES string of the molecule is Cc1nnc(C2COCCN2C(=O)C2=Cc3ccccc3OC2)o1. The van der Waals surface area contributed by atoms with Crippen LogP contribution in [0.15, 0.2) is 34.3 Å². The quantitative estimate of drug-likeness (QED) is 0.836. The van der Waals surface area contributed by atoms with Gasteiger partial charge in [-0.2, -0.15) is 0 Å². The van der Waals surface area contributed by atoms with Crippen LogP contribution >= 0.6 is 0 Å². The molecule has 0 radical (unpaired) electrons. The normalized spacial score (nSPS) is 20.1. The topological polar surface area (TPSA) is 77.7 Å². The monoisotopic (exact) mass is 327 g/mol. The number of rotatable bonds is 2. The van der Waals surface area contributed by atoms with E-state index in [0.29, 0.717) is 37.1 Å². The number of morpholine rings is 1. The summed E-state index contributed by atoms with van der Waals surface area (Å²) in [6.45, 7) is 3.28.